The van der Waals surface area contributed by atoms with Crippen molar-refractivity contribution in [1.82, 2.24) is 25.1 Å². The van der Waals surface area contributed by atoms with E-state index < -0.39 is 0 Å². The summed E-state index contributed by atoms with van der Waals surface area (Å²) in [5.41, 5.74) is 3.46. The third-order valence-electron chi connectivity index (χ3n) is 2.21. The largest absolute Gasteiger partial charge is 0.335 e. The summed E-state index contributed by atoms with van der Waals surface area (Å²) in [6.07, 6.45) is 1.72. The lowest BCUT2D eigenvalue weighted by Crippen LogP contribution is -1.79. The Morgan fingerprint density at radius 1 is 1.33 bits per heavy atom. The monoisotopic (exact) mass is 199 g/mol. The summed E-state index contributed by atoms with van der Waals surface area (Å²) in [7, 11) is 0. The van der Waals surface area contributed by atoms with Gasteiger partial charge in [0.25, 0.3) is 0 Å². The third-order valence-corrected chi connectivity index (χ3v) is 2.21. The molecule has 0 aliphatic carbocycles. The molecule has 5 nitrogen and oxygen atoms in total. The summed E-state index contributed by atoms with van der Waals surface area (Å²) in [5.74, 6) is 0.744. The second-order valence-electron chi connectivity index (χ2n) is 3.40. The molecule has 0 aliphatic rings. The van der Waals surface area contributed by atoms with Crippen molar-refractivity contribution in [2.45, 2.75) is 6.92 Å². The topological polar surface area (TPSA) is 70.2 Å². The molecule has 0 spiro atoms. The maximum atomic E-state index is 4.35. The van der Waals surface area contributed by atoms with Gasteiger partial charge in [0.05, 0.1) is 5.52 Å². The molecule has 0 unspecified atom stereocenters. The van der Waals surface area contributed by atoms with E-state index in [2.05, 4.69) is 25.1 Å². The van der Waals surface area contributed by atoms with Crippen LogP contribution in [0.3, 0.4) is 0 Å². The van der Waals surface area contributed by atoms with Gasteiger partial charge in [-0.2, -0.15) is 5.10 Å². The first-order valence-electron chi connectivity index (χ1n) is 4.66. The Morgan fingerprint density at radius 3 is 3.00 bits per heavy atom. The number of aromatic amines is 2. The molecular formula is C10H9N5. The van der Waals surface area contributed by atoms with Gasteiger partial charge < -0.3 is 4.98 Å². The van der Waals surface area contributed by atoms with Crippen LogP contribution in [0.2, 0.25) is 0 Å². The highest BCUT2D eigenvalue weighted by Crippen LogP contribution is 2.17. The second-order valence-corrected chi connectivity index (χ2v) is 3.40. The van der Waals surface area contributed by atoms with Crippen LogP contribution in [-0.4, -0.2) is 25.1 Å². The molecule has 0 fully saturated rings. The maximum absolute atomic E-state index is 4.35. The van der Waals surface area contributed by atoms with E-state index in [0.717, 1.165) is 22.7 Å². The van der Waals surface area contributed by atoms with E-state index in [1.165, 1.54) is 0 Å². The number of imidazole rings is 1. The van der Waals surface area contributed by atoms with Gasteiger partial charge >= 0.3 is 0 Å². The molecule has 0 saturated heterocycles. The highest BCUT2D eigenvalue weighted by molar-refractivity contribution is 5.74. The highest BCUT2D eigenvalue weighted by atomic mass is 15.1. The van der Waals surface area contributed by atoms with E-state index in [-0.39, 0.29) is 0 Å². The minimum atomic E-state index is 0.716. The Balaban J connectivity index is 2.19. The number of aromatic nitrogens is 5. The summed E-state index contributed by atoms with van der Waals surface area (Å²) in [6.45, 7) is 1.96. The zero-order valence-corrected chi connectivity index (χ0v) is 8.15. The lowest BCUT2D eigenvalue weighted by molar-refractivity contribution is 1.04. The molecule has 74 valence electrons. The van der Waals surface area contributed by atoms with Crippen LogP contribution in [0.25, 0.3) is 22.7 Å². The lowest BCUT2D eigenvalue weighted by Gasteiger charge is -1.84. The number of H-pyrrole nitrogens is 2. The first kappa shape index (κ1) is 8.16. The smallest absolute Gasteiger partial charge is 0.178 e. The number of nitrogens with zero attached hydrogens (tertiary/aromatic N) is 3. The fourth-order valence-corrected chi connectivity index (χ4v) is 1.51. The van der Waals surface area contributed by atoms with Gasteiger partial charge in [-0.15, -0.1) is 0 Å². The van der Waals surface area contributed by atoms with Crippen molar-refractivity contribution in [1.29, 1.82) is 0 Å². The second kappa shape index (κ2) is 2.91. The molecule has 2 N–H and O–H groups in total. The number of nitrogens with one attached hydrogen (secondary N) is 2. The van der Waals surface area contributed by atoms with Gasteiger partial charge in [0.1, 0.15) is 5.69 Å². The van der Waals surface area contributed by atoms with Crippen LogP contribution >= 0.6 is 0 Å². The van der Waals surface area contributed by atoms with Gasteiger partial charge in [-0.3, -0.25) is 5.10 Å². The minimum absolute atomic E-state index is 0.716. The zero-order chi connectivity index (χ0) is 10.3. The molecule has 0 atom stereocenters. The number of aryl methyl sites for hydroxylation is 1. The summed E-state index contributed by atoms with van der Waals surface area (Å²) < 4.78 is 0. The first-order chi connectivity index (χ1) is 7.33. The van der Waals surface area contributed by atoms with Crippen LogP contribution in [0.15, 0.2) is 24.4 Å². The Morgan fingerprint density at radius 2 is 2.27 bits per heavy atom. The van der Waals surface area contributed by atoms with Crippen molar-refractivity contribution in [2.24, 2.45) is 0 Å². The molecule has 0 radical (unpaired) electrons. The van der Waals surface area contributed by atoms with E-state index >= 15 is 0 Å². The van der Waals surface area contributed by atoms with E-state index in [1.807, 2.05) is 25.1 Å². The van der Waals surface area contributed by atoms with Crippen molar-refractivity contribution in [3.8, 4) is 11.5 Å². The number of fused-ring (bicyclic) bond motifs is 1. The molecular weight excluding hydrogens is 190 g/mol. The van der Waals surface area contributed by atoms with Crippen LogP contribution in [0.5, 0.6) is 0 Å². The molecule has 3 heterocycles. The molecule has 3 aromatic rings. The quantitative estimate of drug-likeness (QED) is 0.626. The summed E-state index contributed by atoms with van der Waals surface area (Å²) >= 11 is 0. The zero-order valence-electron chi connectivity index (χ0n) is 8.15. The van der Waals surface area contributed by atoms with Gasteiger partial charge in [-0.1, -0.05) is 0 Å². The lowest BCUT2D eigenvalue weighted by atomic mass is 10.4. The molecule has 5 heteroatoms. The van der Waals surface area contributed by atoms with Crippen molar-refractivity contribution in [2.75, 3.05) is 0 Å². The Hall–Kier alpha value is -2.17. The summed E-state index contributed by atoms with van der Waals surface area (Å²) in [5, 5.41) is 7.02. The van der Waals surface area contributed by atoms with Gasteiger partial charge in [0, 0.05) is 11.9 Å². The molecule has 0 saturated carbocycles. The van der Waals surface area contributed by atoms with E-state index in [0.29, 0.717) is 5.65 Å². The predicted octanol–water partition coefficient (Wildman–Crippen LogP) is 1.66. The minimum Gasteiger partial charge on any atom is -0.335 e. The summed E-state index contributed by atoms with van der Waals surface area (Å²) in [4.78, 5) is 11.7. The number of pyridine rings is 1. The van der Waals surface area contributed by atoms with E-state index in [9.17, 15) is 0 Å². The fourth-order valence-electron chi connectivity index (χ4n) is 1.51. The number of hydrogen-bond acceptors (Lipinski definition) is 3. The first-order valence-corrected chi connectivity index (χ1v) is 4.66. The van der Waals surface area contributed by atoms with Gasteiger partial charge in [-0.05, 0) is 25.1 Å². The Bertz CT molecular complexity index is 574. The molecule has 0 bridgehead atoms. The van der Waals surface area contributed by atoms with Gasteiger partial charge in [0.2, 0.25) is 0 Å². The Labute approximate surface area is 85.6 Å². The van der Waals surface area contributed by atoms with Gasteiger partial charge in [-0.25, -0.2) is 9.97 Å². The molecule has 3 rings (SSSR count). The van der Waals surface area contributed by atoms with Crippen LogP contribution in [0.1, 0.15) is 5.69 Å². The molecule has 0 aliphatic heterocycles. The predicted molar refractivity (Wildman–Crippen MR) is 56.2 cm³/mol. The van der Waals surface area contributed by atoms with Crippen molar-refractivity contribution < 1.29 is 0 Å². The summed E-state index contributed by atoms with van der Waals surface area (Å²) in [6, 6.07) is 5.76. The third kappa shape index (κ3) is 1.28. The normalized spacial score (nSPS) is 11.0. The molecule has 0 aromatic carbocycles. The SMILES string of the molecule is Cc1cc(-c2nc3ncccc3[nH]2)n[nH]1. The van der Waals surface area contributed by atoms with Crippen molar-refractivity contribution in [3.05, 3.63) is 30.1 Å². The average Bonchev–Trinajstić information content (AvgIpc) is 2.82. The average molecular weight is 199 g/mol. The maximum Gasteiger partial charge on any atom is 0.178 e. The van der Waals surface area contributed by atoms with Gasteiger partial charge in [0.15, 0.2) is 11.5 Å². The van der Waals surface area contributed by atoms with E-state index in [1.54, 1.807) is 6.20 Å². The van der Waals surface area contributed by atoms with Crippen LogP contribution < -0.4 is 0 Å². The molecule has 0 amide bonds. The number of rotatable bonds is 1. The molecule has 3 aromatic heterocycles. The van der Waals surface area contributed by atoms with Crippen LogP contribution in [-0.2, 0) is 0 Å². The number of hydrogen-bond donors (Lipinski definition) is 2. The highest BCUT2D eigenvalue weighted by Gasteiger charge is 2.07. The van der Waals surface area contributed by atoms with E-state index in [4.69, 9.17) is 0 Å². The van der Waals surface area contributed by atoms with Crippen molar-refractivity contribution in [3.63, 3.8) is 0 Å². The standard InChI is InChI=1S/C10H9N5/c1-6-5-8(15-14-6)10-12-7-3-2-4-11-9(7)13-10/h2-5H,1H3,(H,14,15)(H,11,12,13). The molecule has 15 heavy (non-hydrogen) atoms. The van der Waals surface area contributed by atoms with Crippen LogP contribution in [0, 0.1) is 6.92 Å². The Kier molecular flexibility index (Phi) is 1.58. The van der Waals surface area contributed by atoms with Crippen molar-refractivity contribution >= 4 is 11.2 Å². The fraction of sp³-hybridized carbons (Fsp3) is 0.100. The van der Waals surface area contributed by atoms with Crippen LogP contribution in [0.4, 0.5) is 0 Å².